The number of aliphatic carboxylic acids is 1. The number of piperidine rings is 1. The molecule has 1 saturated heterocycles. The van der Waals surface area contributed by atoms with Crippen molar-refractivity contribution in [2.75, 3.05) is 19.6 Å². The number of carboxylic acids is 1. The maximum atomic E-state index is 11.8. The van der Waals surface area contributed by atoms with E-state index in [1.807, 2.05) is 0 Å². The Morgan fingerprint density at radius 1 is 1.15 bits per heavy atom. The highest BCUT2D eigenvalue weighted by molar-refractivity contribution is 5.75. The Bertz CT molecular complexity index is 300. The molecule has 0 bridgehead atoms. The smallest absolute Gasteiger partial charge is 0.310 e. The zero-order valence-electron chi connectivity index (χ0n) is 13.1. The van der Waals surface area contributed by atoms with Crippen molar-refractivity contribution in [2.24, 2.45) is 11.3 Å². The Labute approximate surface area is 123 Å². The summed E-state index contributed by atoms with van der Waals surface area (Å²) in [5, 5.41) is 9.75. The topological polar surface area (TPSA) is 40.5 Å². The van der Waals surface area contributed by atoms with Crippen LogP contribution in [0.15, 0.2) is 0 Å². The lowest BCUT2D eigenvalue weighted by atomic mass is 9.79. The van der Waals surface area contributed by atoms with Crippen molar-refractivity contribution in [3.63, 3.8) is 0 Å². The number of hydrogen-bond donors (Lipinski definition) is 1. The van der Waals surface area contributed by atoms with Gasteiger partial charge in [0.1, 0.15) is 0 Å². The van der Waals surface area contributed by atoms with E-state index < -0.39 is 11.4 Å². The fourth-order valence-electron chi connectivity index (χ4n) is 4.11. The van der Waals surface area contributed by atoms with Gasteiger partial charge in [-0.25, -0.2) is 0 Å². The zero-order valence-corrected chi connectivity index (χ0v) is 13.1. The van der Waals surface area contributed by atoms with Crippen molar-refractivity contribution in [1.29, 1.82) is 0 Å². The quantitative estimate of drug-likeness (QED) is 0.776. The second kappa shape index (κ2) is 7.44. The van der Waals surface area contributed by atoms with Crippen LogP contribution in [0.3, 0.4) is 0 Å². The number of hydrogen-bond acceptors (Lipinski definition) is 2. The molecule has 0 spiro atoms. The van der Waals surface area contributed by atoms with Gasteiger partial charge in [-0.1, -0.05) is 45.4 Å². The predicted molar refractivity (Wildman–Crippen MR) is 81.8 cm³/mol. The molecule has 0 atom stereocenters. The van der Waals surface area contributed by atoms with Gasteiger partial charge in [0.15, 0.2) is 0 Å². The van der Waals surface area contributed by atoms with Crippen LogP contribution >= 0.6 is 0 Å². The maximum Gasteiger partial charge on any atom is 0.310 e. The average Bonchev–Trinajstić information content (AvgIpc) is 2.68. The molecule has 1 aliphatic carbocycles. The van der Waals surface area contributed by atoms with Gasteiger partial charge < -0.3 is 10.0 Å². The first-order valence-electron chi connectivity index (χ1n) is 8.62. The summed E-state index contributed by atoms with van der Waals surface area (Å²) >= 11 is 0. The van der Waals surface area contributed by atoms with Crippen molar-refractivity contribution in [3.8, 4) is 0 Å². The molecule has 20 heavy (non-hydrogen) atoms. The number of carboxylic acid groups (broad SMARTS) is 1. The lowest BCUT2D eigenvalue weighted by Gasteiger charge is -2.38. The molecule has 2 fully saturated rings. The predicted octanol–water partition coefficient (Wildman–Crippen LogP) is 3.92. The molecule has 1 saturated carbocycles. The molecule has 2 aliphatic rings. The molecule has 0 radical (unpaired) electrons. The van der Waals surface area contributed by atoms with E-state index >= 15 is 0 Å². The van der Waals surface area contributed by atoms with Gasteiger partial charge in [0, 0.05) is 6.54 Å². The largest absolute Gasteiger partial charge is 0.481 e. The Kier molecular flexibility index (Phi) is 5.88. The van der Waals surface area contributed by atoms with Gasteiger partial charge in [-0.15, -0.1) is 0 Å². The van der Waals surface area contributed by atoms with E-state index in [-0.39, 0.29) is 0 Å². The van der Waals surface area contributed by atoms with Crippen LogP contribution in [0.5, 0.6) is 0 Å². The minimum Gasteiger partial charge on any atom is -0.481 e. The molecule has 0 aromatic carbocycles. The third kappa shape index (κ3) is 3.97. The third-order valence-electron chi connectivity index (χ3n) is 5.44. The van der Waals surface area contributed by atoms with Crippen LogP contribution in [0.4, 0.5) is 0 Å². The van der Waals surface area contributed by atoms with Crippen LogP contribution in [0.1, 0.15) is 71.1 Å². The van der Waals surface area contributed by atoms with Crippen LogP contribution in [-0.2, 0) is 4.79 Å². The van der Waals surface area contributed by atoms with Gasteiger partial charge in [0.05, 0.1) is 5.41 Å². The zero-order chi connectivity index (χ0) is 14.4. The minimum atomic E-state index is -0.546. The summed E-state index contributed by atoms with van der Waals surface area (Å²) in [5.41, 5.74) is -0.450. The molecule has 2 rings (SSSR count). The normalized spacial score (nSPS) is 25.2. The second-order valence-corrected chi connectivity index (χ2v) is 7.01. The Morgan fingerprint density at radius 2 is 1.75 bits per heavy atom. The van der Waals surface area contributed by atoms with E-state index in [2.05, 4.69) is 11.8 Å². The van der Waals surface area contributed by atoms with Gasteiger partial charge in [0.25, 0.3) is 0 Å². The van der Waals surface area contributed by atoms with Gasteiger partial charge >= 0.3 is 5.97 Å². The number of likely N-dealkylation sites (tertiary alicyclic amines) is 1. The first kappa shape index (κ1) is 15.8. The summed E-state index contributed by atoms with van der Waals surface area (Å²) in [6, 6.07) is 0. The monoisotopic (exact) mass is 281 g/mol. The minimum absolute atomic E-state index is 0.450. The molecule has 1 N–H and O–H groups in total. The van der Waals surface area contributed by atoms with Crippen molar-refractivity contribution < 1.29 is 9.90 Å². The van der Waals surface area contributed by atoms with Crippen LogP contribution < -0.4 is 0 Å². The Hall–Kier alpha value is -0.570. The van der Waals surface area contributed by atoms with Gasteiger partial charge in [-0.05, 0) is 44.7 Å². The molecular formula is C17H31NO2. The Morgan fingerprint density at radius 3 is 2.25 bits per heavy atom. The first-order chi connectivity index (χ1) is 9.66. The van der Waals surface area contributed by atoms with E-state index in [0.717, 1.165) is 51.2 Å². The van der Waals surface area contributed by atoms with E-state index in [0.29, 0.717) is 0 Å². The number of rotatable bonds is 5. The molecule has 1 heterocycles. The summed E-state index contributed by atoms with van der Waals surface area (Å²) < 4.78 is 0. The van der Waals surface area contributed by atoms with Crippen molar-refractivity contribution >= 4 is 5.97 Å². The molecule has 116 valence electrons. The highest BCUT2D eigenvalue weighted by Crippen LogP contribution is 2.37. The van der Waals surface area contributed by atoms with Crippen molar-refractivity contribution in [2.45, 2.75) is 71.1 Å². The molecule has 3 heteroatoms. The van der Waals surface area contributed by atoms with E-state index in [9.17, 15) is 9.90 Å². The number of nitrogens with zero attached hydrogens (tertiary/aromatic N) is 1. The lowest BCUT2D eigenvalue weighted by Crippen LogP contribution is -2.46. The van der Waals surface area contributed by atoms with E-state index in [1.54, 1.807) is 0 Å². The SMILES string of the molecule is CCCC1CCN(CC2(C(=O)O)CCCCCC2)CC1. The van der Waals surface area contributed by atoms with Crippen LogP contribution in [0.2, 0.25) is 0 Å². The maximum absolute atomic E-state index is 11.8. The fraction of sp³-hybridized carbons (Fsp3) is 0.941. The second-order valence-electron chi connectivity index (χ2n) is 7.01. The van der Waals surface area contributed by atoms with Gasteiger partial charge in [-0.3, -0.25) is 4.79 Å². The van der Waals surface area contributed by atoms with Crippen LogP contribution in [0.25, 0.3) is 0 Å². The average molecular weight is 281 g/mol. The Balaban J connectivity index is 1.90. The fourth-order valence-corrected chi connectivity index (χ4v) is 4.11. The molecule has 3 nitrogen and oxygen atoms in total. The van der Waals surface area contributed by atoms with Gasteiger partial charge in [-0.2, -0.15) is 0 Å². The van der Waals surface area contributed by atoms with E-state index in [4.69, 9.17) is 0 Å². The highest BCUT2D eigenvalue weighted by Gasteiger charge is 2.40. The standard InChI is InChI=1S/C17H31NO2/c1-2-7-15-8-12-18(13-9-15)14-17(16(19)20)10-5-3-4-6-11-17/h15H,2-14H2,1H3,(H,19,20). The summed E-state index contributed by atoms with van der Waals surface area (Å²) in [6.07, 6.45) is 11.6. The molecule has 0 amide bonds. The summed E-state index contributed by atoms with van der Waals surface area (Å²) in [5.74, 6) is 0.334. The summed E-state index contributed by atoms with van der Waals surface area (Å²) in [6.45, 7) is 5.28. The number of carbonyl (C=O) groups is 1. The summed E-state index contributed by atoms with van der Waals surface area (Å²) in [7, 11) is 0. The van der Waals surface area contributed by atoms with Gasteiger partial charge in [0.2, 0.25) is 0 Å². The molecular weight excluding hydrogens is 250 g/mol. The third-order valence-corrected chi connectivity index (χ3v) is 5.44. The molecule has 0 unspecified atom stereocenters. The van der Waals surface area contributed by atoms with E-state index in [1.165, 1.54) is 38.5 Å². The highest BCUT2D eigenvalue weighted by atomic mass is 16.4. The van der Waals surface area contributed by atoms with Crippen LogP contribution in [-0.4, -0.2) is 35.6 Å². The van der Waals surface area contributed by atoms with Crippen molar-refractivity contribution in [1.82, 2.24) is 4.90 Å². The van der Waals surface area contributed by atoms with Crippen LogP contribution in [0, 0.1) is 11.3 Å². The summed E-state index contributed by atoms with van der Waals surface area (Å²) in [4.78, 5) is 14.3. The molecule has 1 aliphatic heterocycles. The van der Waals surface area contributed by atoms with Crippen molar-refractivity contribution in [3.05, 3.63) is 0 Å². The molecule has 0 aromatic heterocycles. The molecule has 0 aromatic rings. The lowest BCUT2D eigenvalue weighted by molar-refractivity contribution is -0.151. The first-order valence-corrected chi connectivity index (χ1v) is 8.62.